The van der Waals surface area contributed by atoms with Gasteiger partial charge in [0.05, 0.1) is 24.1 Å². The lowest BCUT2D eigenvalue weighted by Crippen LogP contribution is -2.03. The van der Waals surface area contributed by atoms with E-state index in [4.69, 9.17) is 22.1 Å². The van der Waals surface area contributed by atoms with Gasteiger partial charge in [-0.1, -0.05) is 0 Å². The minimum atomic E-state index is -0.937. The van der Waals surface area contributed by atoms with Crippen LogP contribution in [0.4, 0.5) is 5.69 Å². The zero-order valence-corrected chi connectivity index (χ0v) is 14.4. The highest BCUT2D eigenvalue weighted by atomic mass is 32.1. The van der Waals surface area contributed by atoms with E-state index in [-0.39, 0.29) is 18.8 Å². The van der Waals surface area contributed by atoms with Gasteiger partial charge in [-0.15, -0.1) is 11.3 Å². The van der Waals surface area contributed by atoms with Crippen molar-refractivity contribution >= 4 is 53.1 Å². The molecule has 2 aromatic rings. The van der Waals surface area contributed by atoms with E-state index in [1.165, 1.54) is 15.9 Å². The van der Waals surface area contributed by atoms with E-state index in [1.54, 1.807) is 19.4 Å². The molecule has 6 nitrogen and oxygen atoms in total. The van der Waals surface area contributed by atoms with E-state index in [9.17, 15) is 9.90 Å². The number of nitrogens with zero attached hydrogens (tertiary/aromatic N) is 2. The molecule has 2 N–H and O–H groups in total. The summed E-state index contributed by atoms with van der Waals surface area (Å²) >= 11 is 6.45. The number of aliphatic imine (C=N–C) groups is 1. The fraction of sp³-hybridized carbons (Fsp3) is 0.188. The molecular weight excluding hydrogens is 348 g/mol. The standard InChI is InChI=1S/C16H14N2O4S2/c1-22-10-2-3-11-9(8-17-12(11)7-10)6-13-15(21)18(16(23)24-13)5-4-14(19)20/h2-3,6-8,21H,4-5H2,1H3,(H,19,20). The molecule has 1 aromatic heterocycles. The number of aromatic nitrogens is 1. The summed E-state index contributed by atoms with van der Waals surface area (Å²) in [5, 5.41) is 19.1. The molecule has 24 heavy (non-hydrogen) atoms. The molecule has 3 rings (SSSR count). The molecule has 0 atom stereocenters. The van der Waals surface area contributed by atoms with Crippen LogP contribution in [0.1, 0.15) is 16.9 Å². The quantitative estimate of drug-likeness (QED) is 0.792. The van der Waals surface area contributed by atoms with Gasteiger partial charge in [0.15, 0.2) is 3.95 Å². The first-order valence-electron chi connectivity index (χ1n) is 7.08. The summed E-state index contributed by atoms with van der Waals surface area (Å²) in [5.41, 5.74) is 2.59. The Hall–Kier alpha value is -2.45. The van der Waals surface area contributed by atoms with Gasteiger partial charge < -0.3 is 14.9 Å². The molecule has 0 saturated heterocycles. The topological polar surface area (TPSA) is 84.1 Å². The molecule has 1 aliphatic heterocycles. The number of fused-ring (bicyclic) bond motifs is 1. The van der Waals surface area contributed by atoms with Crippen molar-refractivity contribution in [2.45, 2.75) is 13.0 Å². The van der Waals surface area contributed by atoms with Crippen molar-refractivity contribution < 1.29 is 19.7 Å². The van der Waals surface area contributed by atoms with Crippen LogP contribution in [0.15, 0.2) is 23.2 Å². The molecule has 0 radical (unpaired) electrons. The van der Waals surface area contributed by atoms with Crippen LogP contribution in [0.25, 0.3) is 11.6 Å². The van der Waals surface area contributed by atoms with Crippen LogP contribution >= 0.6 is 23.6 Å². The van der Waals surface area contributed by atoms with Gasteiger partial charge in [-0.25, -0.2) is 0 Å². The normalized spacial score (nSPS) is 14.1. The van der Waals surface area contributed by atoms with E-state index in [0.717, 1.165) is 22.6 Å². The Morgan fingerprint density at radius 1 is 1.50 bits per heavy atom. The van der Waals surface area contributed by atoms with Crippen LogP contribution in [0, 0.1) is 3.95 Å². The Morgan fingerprint density at radius 2 is 2.29 bits per heavy atom. The number of hydrogen-bond donors (Lipinski definition) is 2. The van der Waals surface area contributed by atoms with Crippen molar-refractivity contribution in [3.8, 4) is 11.6 Å². The molecule has 0 amide bonds. The Labute approximate surface area is 147 Å². The van der Waals surface area contributed by atoms with Crippen LogP contribution in [0.2, 0.25) is 0 Å². The number of allylic oxidation sites excluding steroid dienone is 1. The summed E-state index contributed by atoms with van der Waals surface area (Å²) < 4.78 is 7.05. The molecule has 0 aliphatic carbocycles. The lowest BCUT2D eigenvalue weighted by molar-refractivity contribution is -0.137. The minimum Gasteiger partial charge on any atom is -0.497 e. The van der Waals surface area contributed by atoms with Crippen LogP contribution in [0.3, 0.4) is 0 Å². The number of carboxylic acids is 1. The van der Waals surface area contributed by atoms with Crippen molar-refractivity contribution in [2.75, 3.05) is 7.11 Å². The summed E-state index contributed by atoms with van der Waals surface area (Å²) in [6.07, 6.45) is 3.42. The summed E-state index contributed by atoms with van der Waals surface area (Å²) in [7, 11) is 1.60. The number of benzene rings is 1. The molecule has 1 aliphatic rings. The highest BCUT2D eigenvalue weighted by Gasteiger charge is 2.16. The van der Waals surface area contributed by atoms with Crippen molar-refractivity contribution in [1.82, 2.24) is 4.57 Å². The second-order valence-electron chi connectivity index (χ2n) is 5.09. The summed E-state index contributed by atoms with van der Waals surface area (Å²) in [4.78, 5) is 15.6. The SMILES string of the molecule is COc1ccc2c(c1)N=CC2=Cc1sc(=S)n(CCC(=O)O)c1O. The Bertz CT molecular complexity index is 925. The monoisotopic (exact) mass is 362 g/mol. The smallest absolute Gasteiger partial charge is 0.305 e. The molecule has 0 saturated carbocycles. The molecular formula is C16H14N2O4S2. The van der Waals surface area contributed by atoms with Gasteiger partial charge in [0.25, 0.3) is 0 Å². The molecule has 1 aromatic carbocycles. The third-order valence-corrected chi connectivity index (χ3v) is 4.97. The summed E-state index contributed by atoms with van der Waals surface area (Å²) in [5.74, 6) is -0.229. The van der Waals surface area contributed by atoms with Crippen molar-refractivity contribution in [3.63, 3.8) is 0 Å². The zero-order valence-electron chi connectivity index (χ0n) is 12.7. The Morgan fingerprint density at radius 3 is 3.00 bits per heavy atom. The maximum Gasteiger partial charge on any atom is 0.305 e. The number of thiazole rings is 1. The fourth-order valence-electron chi connectivity index (χ4n) is 2.37. The number of hydrogen-bond acceptors (Lipinski definition) is 6. The largest absolute Gasteiger partial charge is 0.497 e. The Kier molecular flexibility index (Phi) is 4.50. The first-order chi connectivity index (χ1) is 11.5. The first kappa shape index (κ1) is 16.4. The van der Waals surface area contributed by atoms with Gasteiger partial charge in [0.2, 0.25) is 5.88 Å². The van der Waals surface area contributed by atoms with E-state index in [0.29, 0.717) is 8.83 Å². The minimum absolute atomic E-state index is 0.0193. The van der Waals surface area contributed by atoms with Crippen LogP contribution in [-0.2, 0) is 11.3 Å². The molecule has 0 bridgehead atoms. The number of rotatable bonds is 5. The number of methoxy groups -OCH3 is 1. The summed E-state index contributed by atoms with van der Waals surface area (Å²) in [6.45, 7) is 0.140. The van der Waals surface area contributed by atoms with E-state index in [2.05, 4.69) is 4.99 Å². The summed E-state index contributed by atoms with van der Waals surface area (Å²) in [6, 6.07) is 5.60. The van der Waals surface area contributed by atoms with Crippen LogP contribution < -0.4 is 4.74 Å². The van der Waals surface area contributed by atoms with Gasteiger partial charge in [0.1, 0.15) is 5.75 Å². The number of ether oxygens (including phenoxy) is 1. The lowest BCUT2D eigenvalue weighted by Gasteiger charge is -2.04. The number of aromatic hydroxyl groups is 1. The number of carbonyl (C=O) groups is 1. The van der Waals surface area contributed by atoms with Gasteiger partial charge >= 0.3 is 5.97 Å². The number of carboxylic acid groups (broad SMARTS) is 1. The predicted molar refractivity (Wildman–Crippen MR) is 96.1 cm³/mol. The molecule has 8 heteroatoms. The van der Waals surface area contributed by atoms with E-state index < -0.39 is 5.97 Å². The second-order valence-corrected chi connectivity index (χ2v) is 6.77. The highest BCUT2D eigenvalue weighted by Crippen LogP contribution is 2.37. The van der Waals surface area contributed by atoms with Crippen LogP contribution in [0.5, 0.6) is 11.6 Å². The molecule has 0 fully saturated rings. The maximum absolute atomic E-state index is 10.7. The molecule has 2 heterocycles. The van der Waals surface area contributed by atoms with Crippen LogP contribution in [-0.4, -0.2) is 34.1 Å². The number of aliphatic carboxylic acids is 1. The highest BCUT2D eigenvalue weighted by molar-refractivity contribution is 7.73. The fourth-order valence-corrected chi connectivity index (χ4v) is 3.68. The van der Waals surface area contributed by atoms with Gasteiger partial charge in [-0.05, 0) is 30.4 Å². The predicted octanol–water partition coefficient (Wildman–Crippen LogP) is 3.72. The lowest BCUT2D eigenvalue weighted by atomic mass is 10.1. The molecule has 124 valence electrons. The van der Waals surface area contributed by atoms with Gasteiger partial charge in [0, 0.05) is 30.0 Å². The average molecular weight is 362 g/mol. The third kappa shape index (κ3) is 3.10. The average Bonchev–Trinajstić information content (AvgIpc) is 3.07. The van der Waals surface area contributed by atoms with Crippen molar-refractivity contribution in [2.24, 2.45) is 4.99 Å². The first-order valence-corrected chi connectivity index (χ1v) is 8.30. The molecule has 0 spiro atoms. The van der Waals surface area contributed by atoms with E-state index >= 15 is 0 Å². The van der Waals surface area contributed by atoms with E-state index in [1.807, 2.05) is 18.2 Å². The Balaban J connectivity index is 1.94. The van der Waals surface area contributed by atoms with Crippen molar-refractivity contribution in [3.05, 3.63) is 32.6 Å². The third-order valence-electron chi connectivity index (χ3n) is 3.59. The second kappa shape index (κ2) is 6.58. The maximum atomic E-state index is 10.7. The van der Waals surface area contributed by atoms with Gasteiger partial charge in [-0.2, -0.15) is 0 Å². The van der Waals surface area contributed by atoms with Crippen molar-refractivity contribution in [1.29, 1.82) is 0 Å². The van der Waals surface area contributed by atoms with Gasteiger partial charge in [-0.3, -0.25) is 14.4 Å². The molecule has 0 unspecified atom stereocenters. The zero-order chi connectivity index (χ0) is 17.3.